The first-order valence-electron chi connectivity index (χ1n) is 14.5. The molecule has 3 aromatic heterocycles. The first kappa shape index (κ1) is 28.0. The number of nitrogens with two attached hydrogens (primary N) is 1. The fourth-order valence-corrected chi connectivity index (χ4v) is 7.06. The molecule has 4 aromatic rings. The van der Waals surface area contributed by atoms with Gasteiger partial charge in [-0.1, -0.05) is 0 Å². The van der Waals surface area contributed by atoms with Crippen LogP contribution in [0.2, 0.25) is 0 Å². The maximum absolute atomic E-state index is 13.3. The van der Waals surface area contributed by atoms with Crippen LogP contribution in [-0.4, -0.2) is 59.2 Å². The number of aliphatic hydroxyl groups excluding tert-OH is 1. The SMILES string of the molecule is Cc1cc2nc(CC[C@H]3C[C@@H](N(C[C@@H]4C[C@@H](O)[C@H](n5ccc6c(N)ncnc65)C4)C(C)C)C3)[nH]c2cc1C(F)(F)F. The smallest absolute Gasteiger partial charge is 0.391 e. The van der Waals surface area contributed by atoms with Gasteiger partial charge in [-0.3, -0.25) is 4.90 Å². The molecule has 2 fully saturated rings. The maximum Gasteiger partial charge on any atom is 0.416 e. The molecule has 0 unspecified atom stereocenters. The second-order valence-electron chi connectivity index (χ2n) is 12.4. The summed E-state index contributed by atoms with van der Waals surface area (Å²) < 4.78 is 41.9. The zero-order valence-electron chi connectivity index (χ0n) is 23.7. The van der Waals surface area contributed by atoms with Crippen LogP contribution in [0, 0.1) is 18.8 Å². The molecular formula is C30H38F3N7O. The Morgan fingerprint density at radius 3 is 2.66 bits per heavy atom. The lowest BCUT2D eigenvalue weighted by Crippen LogP contribution is -2.49. The zero-order valence-corrected chi connectivity index (χ0v) is 23.7. The van der Waals surface area contributed by atoms with Crippen molar-refractivity contribution in [3.05, 3.63) is 47.7 Å². The van der Waals surface area contributed by atoms with Crippen LogP contribution >= 0.6 is 0 Å². The minimum Gasteiger partial charge on any atom is -0.391 e. The van der Waals surface area contributed by atoms with Gasteiger partial charge in [-0.15, -0.1) is 0 Å². The molecule has 0 bridgehead atoms. The van der Waals surface area contributed by atoms with Crippen LogP contribution in [0.3, 0.4) is 0 Å². The van der Waals surface area contributed by atoms with Crippen LogP contribution in [0.25, 0.3) is 22.1 Å². The first-order chi connectivity index (χ1) is 19.5. The van der Waals surface area contributed by atoms with Gasteiger partial charge in [-0.25, -0.2) is 15.0 Å². The fourth-order valence-electron chi connectivity index (χ4n) is 7.06. The van der Waals surface area contributed by atoms with E-state index in [1.54, 1.807) is 0 Å². The quantitative estimate of drug-likeness (QED) is 0.253. The van der Waals surface area contributed by atoms with Crippen LogP contribution < -0.4 is 5.73 Å². The van der Waals surface area contributed by atoms with Gasteiger partial charge in [0.25, 0.3) is 0 Å². The number of fused-ring (bicyclic) bond motifs is 2. The monoisotopic (exact) mass is 569 g/mol. The second kappa shape index (κ2) is 10.6. The molecule has 0 amide bonds. The predicted octanol–water partition coefficient (Wildman–Crippen LogP) is 5.65. The van der Waals surface area contributed by atoms with E-state index in [0.717, 1.165) is 61.9 Å². The summed E-state index contributed by atoms with van der Waals surface area (Å²) >= 11 is 0. The van der Waals surface area contributed by atoms with Crippen LogP contribution in [0.1, 0.15) is 68.9 Å². The molecule has 0 spiro atoms. The molecule has 0 saturated heterocycles. The predicted molar refractivity (Wildman–Crippen MR) is 152 cm³/mol. The van der Waals surface area contributed by atoms with Crippen molar-refractivity contribution in [3.63, 3.8) is 0 Å². The van der Waals surface area contributed by atoms with Crippen LogP contribution in [0.4, 0.5) is 19.0 Å². The van der Waals surface area contributed by atoms with Crippen molar-refractivity contribution in [2.75, 3.05) is 12.3 Å². The summed E-state index contributed by atoms with van der Waals surface area (Å²) in [5.41, 5.74) is 7.39. The Bertz CT molecular complexity index is 1540. The van der Waals surface area contributed by atoms with E-state index >= 15 is 0 Å². The molecular weight excluding hydrogens is 531 g/mol. The van der Waals surface area contributed by atoms with Crippen molar-refractivity contribution < 1.29 is 18.3 Å². The lowest BCUT2D eigenvalue weighted by molar-refractivity contribution is -0.137. The van der Waals surface area contributed by atoms with Gasteiger partial charge in [0.05, 0.1) is 34.1 Å². The lowest BCUT2D eigenvalue weighted by atomic mass is 9.76. The van der Waals surface area contributed by atoms with Gasteiger partial charge in [-0.05, 0) is 88.5 Å². The summed E-state index contributed by atoms with van der Waals surface area (Å²) in [6, 6.07) is 5.49. The number of nitrogen functional groups attached to an aromatic ring is 1. The number of hydrogen-bond acceptors (Lipinski definition) is 6. The second-order valence-corrected chi connectivity index (χ2v) is 12.4. The Balaban J connectivity index is 1.04. The van der Waals surface area contributed by atoms with Gasteiger partial charge in [0.15, 0.2) is 0 Å². The molecule has 11 heteroatoms. The molecule has 1 aromatic carbocycles. The molecule has 2 aliphatic rings. The Hall–Kier alpha value is -3.18. The topological polar surface area (TPSA) is 109 Å². The third-order valence-electron chi connectivity index (χ3n) is 9.28. The number of aromatic amines is 1. The fraction of sp³-hybridized carbons (Fsp3) is 0.567. The van der Waals surface area contributed by atoms with Crippen molar-refractivity contribution in [1.29, 1.82) is 0 Å². The van der Waals surface area contributed by atoms with Gasteiger partial charge in [0.1, 0.15) is 23.6 Å². The van der Waals surface area contributed by atoms with Crippen molar-refractivity contribution in [2.45, 2.75) is 89.7 Å². The van der Waals surface area contributed by atoms with E-state index in [1.807, 2.05) is 12.3 Å². The van der Waals surface area contributed by atoms with Gasteiger partial charge in [0.2, 0.25) is 0 Å². The Morgan fingerprint density at radius 1 is 1.15 bits per heavy atom. The number of hydrogen-bond donors (Lipinski definition) is 3. The van der Waals surface area contributed by atoms with Gasteiger partial charge >= 0.3 is 6.18 Å². The molecule has 2 saturated carbocycles. The molecule has 8 nitrogen and oxygen atoms in total. The van der Waals surface area contributed by atoms with Gasteiger partial charge in [0, 0.05) is 31.2 Å². The zero-order chi connectivity index (χ0) is 29.1. The molecule has 0 aliphatic heterocycles. The maximum atomic E-state index is 13.3. The van der Waals surface area contributed by atoms with Crippen molar-refractivity contribution in [2.24, 2.45) is 11.8 Å². The molecule has 41 heavy (non-hydrogen) atoms. The van der Waals surface area contributed by atoms with Crippen LogP contribution in [0.15, 0.2) is 30.7 Å². The number of benzene rings is 1. The minimum absolute atomic E-state index is 0.0326. The van der Waals surface area contributed by atoms with E-state index in [0.29, 0.717) is 40.8 Å². The summed E-state index contributed by atoms with van der Waals surface area (Å²) in [5.74, 6) is 2.15. The summed E-state index contributed by atoms with van der Waals surface area (Å²) in [4.78, 5) is 18.8. The Kier molecular flexibility index (Phi) is 7.22. The van der Waals surface area contributed by atoms with Gasteiger partial charge < -0.3 is 20.4 Å². The molecule has 6 rings (SSSR count). The summed E-state index contributed by atoms with van der Waals surface area (Å²) in [6.45, 7) is 6.90. The highest BCUT2D eigenvalue weighted by Crippen LogP contribution is 2.41. The van der Waals surface area contributed by atoms with E-state index in [4.69, 9.17) is 5.73 Å². The number of aryl methyl sites for hydroxylation is 2. The molecule has 0 radical (unpaired) electrons. The minimum atomic E-state index is -4.37. The normalized spacial score (nSPS) is 25.1. The van der Waals surface area contributed by atoms with E-state index in [2.05, 4.69) is 43.3 Å². The molecule has 3 heterocycles. The average molecular weight is 570 g/mol. The van der Waals surface area contributed by atoms with Crippen molar-refractivity contribution in [3.8, 4) is 0 Å². The third-order valence-corrected chi connectivity index (χ3v) is 9.28. The van der Waals surface area contributed by atoms with E-state index in [1.165, 1.54) is 25.4 Å². The molecule has 220 valence electrons. The highest BCUT2D eigenvalue weighted by molar-refractivity contribution is 5.86. The number of H-pyrrole nitrogens is 1. The van der Waals surface area contributed by atoms with Crippen LogP contribution in [0.5, 0.6) is 0 Å². The number of aromatic nitrogens is 5. The number of imidazole rings is 1. The highest BCUT2D eigenvalue weighted by Gasteiger charge is 2.40. The molecule has 2 aliphatic carbocycles. The number of halogens is 3. The largest absolute Gasteiger partial charge is 0.416 e. The van der Waals surface area contributed by atoms with E-state index in [9.17, 15) is 18.3 Å². The molecule has 3 atom stereocenters. The van der Waals surface area contributed by atoms with Crippen molar-refractivity contribution >= 4 is 27.9 Å². The summed E-state index contributed by atoms with van der Waals surface area (Å²) in [5, 5.41) is 11.8. The number of alkyl halides is 3. The standard InChI is InChI=1S/C30H38F3N7O/c1-16(2)40(14-19-11-25(26(41)12-19)39-7-6-21-28(34)35-15-36-29(21)39)20-9-18(10-20)4-5-27-37-23-8-17(3)22(30(31,32)33)13-24(23)38-27/h6-8,13,15-16,18-20,25-26,41H,4-5,9-12,14H2,1-3H3,(H,37,38)(H2,34,35,36)/t18-,19-,20+,25+,26+/m0/s1. The Morgan fingerprint density at radius 2 is 1.93 bits per heavy atom. The van der Waals surface area contributed by atoms with Gasteiger partial charge in [-0.2, -0.15) is 13.2 Å². The number of aliphatic hydroxyl groups is 1. The van der Waals surface area contributed by atoms with Crippen LogP contribution in [-0.2, 0) is 12.6 Å². The summed E-state index contributed by atoms with van der Waals surface area (Å²) in [7, 11) is 0. The Labute approximate surface area is 237 Å². The first-order valence-corrected chi connectivity index (χ1v) is 14.5. The van der Waals surface area contributed by atoms with E-state index < -0.39 is 17.8 Å². The molecule has 4 N–H and O–H groups in total. The highest BCUT2D eigenvalue weighted by atomic mass is 19.4. The third kappa shape index (κ3) is 5.41. The van der Waals surface area contributed by atoms with E-state index in [-0.39, 0.29) is 11.6 Å². The number of rotatable bonds is 8. The number of anilines is 1. The number of nitrogens with zero attached hydrogens (tertiary/aromatic N) is 5. The average Bonchev–Trinajstić information content (AvgIpc) is 3.57. The van der Waals surface area contributed by atoms with Crippen molar-refractivity contribution in [1.82, 2.24) is 29.4 Å². The summed E-state index contributed by atoms with van der Waals surface area (Å²) in [6.07, 6.45) is 4.16. The number of nitrogens with one attached hydrogen (secondary N) is 1. The lowest BCUT2D eigenvalue weighted by Gasteiger charge is -2.46.